The first-order chi connectivity index (χ1) is 17.9. The lowest BCUT2D eigenvalue weighted by Crippen LogP contribution is -1.80. The molecular weight excluding hydrogens is 432 g/mol. The Hall–Kier alpha value is -4.42. The SMILES string of the molecule is CC.c1ccc(-c2ccc3c(ccc4ccccc43)c2)cc1.c1ccc2c(c1)ccc1ccccc12. The molecule has 36 heavy (non-hydrogen) atoms. The van der Waals surface area contributed by atoms with Gasteiger partial charge in [-0.2, -0.15) is 0 Å². The molecule has 0 atom stereocenters. The third-order valence-corrected chi connectivity index (χ3v) is 6.51. The third-order valence-electron chi connectivity index (χ3n) is 6.51. The van der Waals surface area contributed by atoms with Gasteiger partial charge >= 0.3 is 0 Å². The first-order valence-electron chi connectivity index (χ1n) is 12.7. The molecule has 0 aromatic heterocycles. The zero-order chi connectivity index (χ0) is 24.7. The number of rotatable bonds is 1. The summed E-state index contributed by atoms with van der Waals surface area (Å²) in [4.78, 5) is 0. The summed E-state index contributed by atoms with van der Waals surface area (Å²) in [5.41, 5.74) is 2.54. The third kappa shape index (κ3) is 4.72. The maximum Gasteiger partial charge on any atom is -0.0105 e. The molecule has 0 aliphatic carbocycles. The first kappa shape index (κ1) is 23.3. The molecule has 174 valence electrons. The fraction of sp³-hybridized carbons (Fsp3) is 0.0556. The fourth-order valence-electron chi connectivity index (χ4n) is 4.78. The number of fused-ring (bicyclic) bond motifs is 6. The molecule has 0 N–H and O–H groups in total. The predicted molar refractivity (Wildman–Crippen MR) is 160 cm³/mol. The van der Waals surface area contributed by atoms with Gasteiger partial charge in [-0.3, -0.25) is 0 Å². The Kier molecular flexibility index (Phi) is 7.05. The second-order valence-electron chi connectivity index (χ2n) is 8.60. The van der Waals surface area contributed by atoms with E-state index < -0.39 is 0 Å². The van der Waals surface area contributed by atoms with Gasteiger partial charge in [-0.15, -0.1) is 0 Å². The van der Waals surface area contributed by atoms with E-state index in [0.29, 0.717) is 0 Å². The van der Waals surface area contributed by atoms with Crippen molar-refractivity contribution in [2.24, 2.45) is 0 Å². The molecule has 0 saturated heterocycles. The normalized spacial score (nSPS) is 10.5. The highest BCUT2D eigenvalue weighted by atomic mass is 14.1. The zero-order valence-electron chi connectivity index (χ0n) is 20.9. The summed E-state index contributed by atoms with van der Waals surface area (Å²) < 4.78 is 0. The second kappa shape index (κ2) is 10.9. The average Bonchev–Trinajstić information content (AvgIpc) is 2.98. The quantitative estimate of drug-likeness (QED) is 0.213. The number of benzene rings is 7. The molecule has 0 aliphatic rings. The lowest BCUT2D eigenvalue weighted by molar-refractivity contribution is 1.50. The molecule has 0 fully saturated rings. The van der Waals surface area contributed by atoms with Gasteiger partial charge in [0.1, 0.15) is 0 Å². The van der Waals surface area contributed by atoms with E-state index in [1.165, 1.54) is 54.2 Å². The van der Waals surface area contributed by atoms with Crippen molar-refractivity contribution in [2.45, 2.75) is 13.8 Å². The Bertz CT molecular complexity index is 1690. The maximum absolute atomic E-state index is 2.27. The van der Waals surface area contributed by atoms with E-state index >= 15 is 0 Å². The molecule has 7 aromatic carbocycles. The Labute approximate surface area is 213 Å². The van der Waals surface area contributed by atoms with Crippen LogP contribution in [0.3, 0.4) is 0 Å². The fourth-order valence-corrected chi connectivity index (χ4v) is 4.78. The van der Waals surface area contributed by atoms with Gasteiger partial charge in [-0.25, -0.2) is 0 Å². The largest absolute Gasteiger partial charge is 0.0683 e. The van der Waals surface area contributed by atoms with Crippen molar-refractivity contribution in [2.75, 3.05) is 0 Å². The van der Waals surface area contributed by atoms with Crippen LogP contribution in [0, 0.1) is 0 Å². The predicted octanol–water partition coefficient (Wildman–Crippen LogP) is 10.7. The Morgan fingerprint density at radius 1 is 0.278 bits per heavy atom. The van der Waals surface area contributed by atoms with Crippen molar-refractivity contribution in [3.8, 4) is 11.1 Å². The molecule has 0 unspecified atom stereocenters. The van der Waals surface area contributed by atoms with E-state index in [0.717, 1.165) is 0 Å². The molecule has 7 rings (SSSR count). The average molecular weight is 463 g/mol. The van der Waals surface area contributed by atoms with Gasteiger partial charge in [-0.05, 0) is 60.3 Å². The van der Waals surface area contributed by atoms with Crippen molar-refractivity contribution in [1.82, 2.24) is 0 Å². The number of hydrogen-bond acceptors (Lipinski definition) is 0. The second-order valence-corrected chi connectivity index (χ2v) is 8.60. The summed E-state index contributed by atoms with van der Waals surface area (Å²) in [7, 11) is 0. The summed E-state index contributed by atoms with van der Waals surface area (Å²) in [5, 5.41) is 10.5. The Balaban J connectivity index is 0.000000146. The summed E-state index contributed by atoms with van der Waals surface area (Å²) in [6.45, 7) is 4.00. The highest BCUT2D eigenvalue weighted by Crippen LogP contribution is 2.29. The van der Waals surface area contributed by atoms with Gasteiger partial charge < -0.3 is 0 Å². The molecule has 0 heterocycles. The lowest BCUT2D eigenvalue weighted by Gasteiger charge is -2.07. The molecule has 0 aliphatic heterocycles. The minimum absolute atomic E-state index is 1.27. The van der Waals surface area contributed by atoms with Gasteiger partial charge in [-0.1, -0.05) is 153 Å². The van der Waals surface area contributed by atoms with Crippen molar-refractivity contribution in [1.29, 1.82) is 0 Å². The lowest BCUT2D eigenvalue weighted by atomic mass is 9.97. The minimum atomic E-state index is 1.27. The van der Waals surface area contributed by atoms with Crippen LogP contribution in [0.25, 0.3) is 54.2 Å². The molecule has 0 radical (unpaired) electrons. The molecule has 0 heteroatoms. The van der Waals surface area contributed by atoms with Crippen LogP contribution >= 0.6 is 0 Å². The summed E-state index contributed by atoms with van der Waals surface area (Å²) in [6, 6.07) is 51.6. The van der Waals surface area contributed by atoms with Crippen LogP contribution in [0.4, 0.5) is 0 Å². The van der Waals surface area contributed by atoms with E-state index in [1.54, 1.807) is 0 Å². The molecule has 0 amide bonds. The van der Waals surface area contributed by atoms with E-state index in [2.05, 4.69) is 146 Å². The molecule has 0 spiro atoms. The van der Waals surface area contributed by atoms with Crippen LogP contribution in [-0.2, 0) is 0 Å². The molecule has 0 nitrogen and oxygen atoms in total. The van der Waals surface area contributed by atoms with Crippen molar-refractivity contribution in [3.63, 3.8) is 0 Å². The smallest absolute Gasteiger partial charge is 0.0105 e. The van der Waals surface area contributed by atoms with Crippen molar-refractivity contribution in [3.05, 3.63) is 146 Å². The topological polar surface area (TPSA) is 0 Å². The van der Waals surface area contributed by atoms with E-state index in [1.807, 2.05) is 13.8 Å². The monoisotopic (exact) mass is 462 g/mol. The molecule has 0 bridgehead atoms. The highest BCUT2D eigenvalue weighted by Gasteiger charge is 2.02. The summed E-state index contributed by atoms with van der Waals surface area (Å²) >= 11 is 0. The Morgan fingerprint density at radius 2 is 0.667 bits per heavy atom. The van der Waals surface area contributed by atoms with Crippen molar-refractivity contribution >= 4 is 43.1 Å². The van der Waals surface area contributed by atoms with E-state index in [9.17, 15) is 0 Å². The molecule has 0 saturated carbocycles. The number of hydrogen-bond donors (Lipinski definition) is 0. The van der Waals surface area contributed by atoms with Gasteiger partial charge in [0.2, 0.25) is 0 Å². The first-order valence-corrected chi connectivity index (χ1v) is 12.7. The summed E-state index contributed by atoms with van der Waals surface area (Å²) in [6.07, 6.45) is 0. The van der Waals surface area contributed by atoms with Gasteiger partial charge in [0.25, 0.3) is 0 Å². The van der Waals surface area contributed by atoms with Gasteiger partial charge in [0.05, 0.1) is 0 Å². The molecule has 7 aromatic rings. The maximum atomic E-state index is 2.27. The van der Waals surface area contributed by atoms with E-state index in [-0.39, 0.29) is 0 Å². The summed E-state index contributed by atoms with van der Waals surface area (Å²) in [5.74, 6) is 0. The van der Waals surface area contributed by atoms with Crippen LogP contribution in [0.5, 0.6) is 0 Å². The Morgan fingerprint density at radius 3 is 1.17 bits per heavy atom. The standard InChI is InChI=1S/C20H14.C14H10.C2H6/c1-2-6-15(7-3-1)17-12-13-20-18(14-17)11-10-16-8-4-5-9-19(16)20;1-3-7-13-11(5-1)9-10-12-6-2-4-8-14(12)13;1-2/h1-14H;1-10H;1-2H3. The van der Waals surface area contributed by atoms with Crippen LogP contribution in [0.15, 0.2) is 146 Å². The minimum Gasteiger partial charge on any atom is -0.0683 e. The van der Waals surface area contributed by atoms with Crippen molar-refractivity contribution < 1.29 is 0 Å². The van der Waals surface area contributed by atoms with Gasteiger partial charge in [0, 0.05) is 0 Å². The highest BCUT2D eigenvalue weighted by molar-refractivity contribution is 6.08. The van der Waals surface area contributed by atoms with Crippen LogP contribution in [-0.4, -0.2) is 0 Å². The van der Waals surface area contributed by atoms with Crippen LogP contribution in [0.1, 0.15) is 13.8 Å². The molecular formula is C36H30. The van der Waals surface area contributed by atoms with Crippen LogP contribution < -0.4 is 0 Å². The van der Waals surface area contributed by atoms with Crippen LogP contribution in [0.2, 0.25) is 0 Å². The van der Waals surface area contributed by atoms with Gasteiger partial charge in [0.15, 0.2) is 0 Å². The zero-order valence-corrected chi connectivity index (χ0v) is 20.9. The van der Waals surface area contributed by atoms with E-state index in [4.69, 9.17) is 0 Å².